The SMILES string of the molecule is CC(=O)N(CCC(=O)Nc1ccccc1C#N)c1ccccc1C(C)C. The second-order valence-corrected chi connectivity index (χ2v) is 6.34. The van der Waals surface area contributed by atoms with E-state index in [1.54, 1.807) is 29.2 Å². The second-order valence-electron chi connectivity index (χ2n) is 6.34. The van der Waals surface area contributed by atoms with Gasteiger partial charge in [0, 0.05) is 25.6 Å². The highest BCUT2D eigenvalue weighted by Gasteiger charge is 2.18. The van der Waals surface area contributed by atoms with E-state index in [4.69, 9.17) is 5.26 Å². The van der Waals surface area contributed by atoms with Crippen LogP contribution in [0.1, 0.15) is 44.2 Å². The van der Waals surface area contributed by atoms with Gasteiger partial charge >= 0.3 is 0 Å². The van der Waals surface area contributed by atoms with Crippen LogP contribution < -0.4 is 10.2 Å². The zero-order valence-corrected chi connectivity index (χ0v) is 15.3. The lowest BCUT2D eigenvalue weighted by Gasteiger charge is -2.25. The molecular weight excluding hydrogens is 326 g/mol. The number of rotatable bonds is 6. The number of carbonyl (C=O) groups is 2. The molecule has 0 saturated heterocycles. The molecule has 0 bridgehead atoms. The minimum Gasteiger partial charge on any atom is -0.325 e. The Labute approximate surface area is 154 Å². The normalized spacial score (nSPS) is 10.3. The molecule has 0 aliphatic heterocycles. The van der Waals surface area contributed by atoms with Crippen LogP contribution in [0.15, 0.2) is 48.5 Å². The molecule has 0 aromatic heterocycles. The number of nitrogens with one attached hydrogen (secondary N) is 1. The number of anilines is 2. The van der Waals surface area contributed by atoms with Crippen molar-refractivity contribution in [1.29, 1.82) is 5.26 Å². The number of nitriles is 1. The zero-order chi connectivity index (χ0) is 19.1. The summed E-state index contributed by atoms with van der Waals surface area (Å²) in [4.78, 5) is 26.1. The van der Waals surface area contributed by atoms with Crippen LogP contribution in [0.5, 0.6) is 0 Å². The van der Waals surface area contributed by atoms with Crippen LogP contribution in [-0.2, 0) is 9.59 Å². The molecule has 0 unspecified atom stereocenters. The van der Waals surface area contributed by atoms with Gasteiger partial charge in [-0.05, 0) is 29.7 Å². The lowest BCUT2D eigenvalue weighted by molar-refractivity contribution is -0.117. The molecule has 0 atom stereocenters. The third kappa shape index (κ3) is 4.70. The Bertz CT molecular complexity index is 837. The summed E-state index contributed by atoms with van der Waals surface area (Å²) in [6.07, 6.45) is 0.145. The van der Waals surface area contributed by atoms with Crippen LogP contribution in [0.4, 0.5) is 11.4 Å². The van der Waals surface area contributed by atoms with Gasteiger partial charge in [0.1, 0.15) is 6.07 Å². The first-order valence-corrected chi connectivity index (χ1v) is 8.60. The lowest BCUT2D eigenvalue weighted by Crippen LogP contribution is -2.32. The average Bonchev–Trinajstić information content (AvgIpc) is 2.62. The van der Waals surface area contributed by atoms with Crippen molar-refractivity contribution in [2.45, 2.75) is 33.1 Å². The Morgan fingerprint density at radius 2 is 1.77 bits per heavy atom. The number of amides is 2. The van der Waals surface area contributed by atoms with Crippen molar-refractivity contribution in [3.05, 3.63) is 59.7 Å². The Hall–Kier alpha value is -3.13. The smallest absolute Gasteiger partial charge is 0.226 e. The van der Waals surface area contributed by atoms with Crippen molar-refractivity contribution in [2.24, 2.45) is 0 Å². The summed E-state index contributed by atoms with van der Waals surface area (Å²) in [6.45, 7) is 5.92. The molecule has 134 valence electrons. The van der Waals surface area contributed by atoms with E-state index in [2.05, 4.69) is 25.2 Å². The third-order valence-electron chi connectivity index (χ3n) is 4.11. The highest BCUT2D eigenvalue weighted by Crippen LogP contribution is 2.27. The van der Waals surface area contributed by atoms with Crippen molar-refractivity contribution >= 4 is 23.2 Å². The standard InChI is InChI=1S/C21H23N3O2/c1-15(2)18-9-5-7-11-20(18)24(16(3)25)13-12-21(26)23-19-10-6-4-8-17(19)14-22/h4-11,15H,12-13H2,1-3H3,(H,23,26). The molecular formula is C21H23N3O2. The molecule has 0 aliphatic carbocycles. The van der Waals surface area contributed by atoms with E-state index in [0.717, 1.165) is 11.3 Å². The first-order valence-electron chi connectivity index (χ1n) is 8.60. The summed E-state index contributed by atoms with van der Waals surface area (Å²) in [6, 6.07) is 16.6. The number of para-hydroxylation sites is 2. The van der Waals surface area contributed by atoms with Crippen molar-refractivity contribution < 1.29 is 9.59 Å². The summed E-state index contributed by atoms with van der Waals surface area (Å²) in [5.41, 5.74) is 2.80. The van der Waals surface area contributed by atoms with E-state index in [1.807, 2.05) is 24.3 Å². The molecule has 1 N–H and O–H groups in total. The van der Waals surface area contributed by atoms with E-state index >= 15 is 0 Å². The molecule has 0 radical (unpaired) electrons. The second kappa shape index (κ2) is 8.82. The van der Waals surface area contributed by atoms with Gasteiger partial charge in [-0.1, -0.05) is 44.2 Å². The molecule has 0 heterocycles. The van der Waals surface area contributed by atoms with E-state index in [1.165, 1.54) is 6.92 Å². The zero-order valence-electron chi connectivity index (χ0n) is 15.3. The fourth-order valence-corrected chi connectivity index (χ4v) is 2.78. The maximum atomic E-state index is 12.3. The van der Waals surface area contributed by atoms with E-state index < -0.39 is 0 Å². The van der Waals surface area contributed by atoms with Gasteiger partial charge in [-0.25, -0.2) is 0 Å². The fourth-order valence-electron chi connectivity index (χ4n) is 2.78. The first-order chi connectivity index (χ1) is 12.4. The Kier molecular flexibility index (Phi) is 6.51. The van der Waals surface area contributed by atoms with E-state index in [0.29, 0.717) is 11.3 Å². The van der Waals surface area contributed by atoms with Crippen LogP contribution in [0.2, 0.25) is 0 Å². The van der Waals surface area contributed by atoms with Gasteiger partial charge in [0.2, 0.25) is 11.8 Å². The van der Waals surface area contributed by atoms with Gasteiger partial charge in [-0.2, -0.15) is 5.26 Å². The molecule has 5 heteroatoms. The van der Waals surface area contributed by atoms with Crippen molar-refractivity contribution in [3.63, 3.8) is 0 Å². The van der Waals surface area contributed by atoms with Gasteiger partial charge < -0.3 is 10.2 Å². The van der Waals surface area contributed by atoms with Gasteiger partial charge in [0.05, 0.1) is 11.3 Å². The van der Waals surface area contributed by atoms with Gasteiger partial charge in [0.15, 0.2) is 0 Å². The molecule has 2 aromatic carbocycles. The minimum absolute atomic E-state index is 0.108. The topological polar surface area (TPSA) is 73.2 Å². The number of hydrogen-bond donors (Lipinski definition) is 1. The van der Waals surface area contributed by atoms with E-state index in [9.17, 15) is 9.59 Å². The molecule has 26 heavy (non-hydrogen) atoms. The molecule has 0 saturated carbocycles. The highest BCUT2D eigenvalue weighted by molar-refractivity contribution is 5.95. The molecule has 2 rings (SSSR count). The molecule has 5 nitrogen and oxygen atoms in total. The highest BCUT2D eigenvalue weighted by atomic mass is 16.2. The maximum absolute atomic E-state index is 12.3. The van der Waals surface area contributed by atoms with Crippen LogP contribution in [0, 0.1) is 11.3 Å². The number of nitrogens with zero attached hydrogens (tertiary/aromatic N) is 2. The Morgan fingerprint density at radius 1 is 1.12 bits per heavy atom. The lowest BCUT2D eigenvalue weighted by atomic mass is 10.0. The van der Waals surface area contributed by atoms with Gasteiger partial charge in [0.25, 0.3) is 0 Å². The van der Waals surface area contributed by atoms with Gasteiger partial charge in [-0.15, -0.1) is 0 Å². The summed E-state index contributed by atoms with van der Waals surface area (Å²) >= 11 is 0. The maximum Gasteiger partial charge on any atom is 0.226 e. The molecule has 0 spiro atoms. The third-order valence-corrected chi connectivity index (χ3v) is 4.11. The summed E-state index contributed by atoms with van der Waals surface area (Å²) < 4.78 is 0. The summed E-state index contributed by atoms with van der Waals surface area (Å²) in [7, 11) is 0. The molecule has 2 amide bonds. The van der Waals surface area contributed by atoms with Crippen molar-refractivity contribution in [3.8, 4) is 6.07 Å². The number of hydrogen-bond acceptors (Lipinski definition) is 3. The van der Waals surface area contributed by atoms with Crippen molar-refractivity contribution in [2.75, 3.05) is 16.8 Å². The number of benzene rings is 2. The Morgan fingerprint density at radius 3 is 2.42 bits per heavy atom. The van der Waals surface area contributed by atoms with Crippen molar-refractivity contribution in [1.82, 2.24) is 0 Å². The number of carbonyl (C=O) groups excluding carboxylic acids is 2. The van der Waals surface area contributed by atoms with Gasteiger partial charge in [-0.3, -0.25) is 9.59 Å². The summed E-state index contributed by atoms with van der Waals surface area (Å²) in [5.74, 6) is -0.0753. The Balaban J connectivity index is 2.11. The molecule has 0 aliphatic rings. The van der Waals surface area contributed by atoms with Crippen LogP contribution in [0.25, 0.3) is 0 Å². The molecule has 2 aromatic rings. The van der Waals surface area contributed by atoms with Crippen LogP contribution >= 0.6 is 0 Å². The molecule has 0 fully saturated rings. The largest absolute Gasteiger partial charge is 0.325 e. The quantitative estimate of drug-likeness (QED) is 0.854. The summed E-state index contributed by atoms with van der Waals surface area (Å²) in [5, 5.41) is 11.8. The fraction of sp³-hybridized carbons (Fsp3) is 0.286. The van der Waals surface area contributed by atoms with E-state index in [-0.39, 0.29) is 30.7 Å². The average molecular weight is 349 g/mol. The monoisotopic (exact) mass is 349 g/mol. The van der Waals surface area contributed by atoms with Crippen LogP contribution in [0.3, 0.4) is 0 Å². The predicted molar refractivity (Wildman–Crippen MR) is 103 cm³/mol. The predicted octanol–water partition coefficient (Wildman–Crippen LogP) is 4.06. The first kappa shape index (κ1) is 19.2. The van der Waals surface area contributed by atoms with Crippen LogP contribution in [-0.4, -0.2) is 18.4 Å². The minimum atomic E-state index is -0.235.